The van der Waals surface area contributed by atoms with Crippen molar-refractivity contribution in [2.45, 2.75) is 12.8 Å². The average molecular weight is 343 g/mol. The van der Waals surface area contributed by atoms with Crippen LogP contribution in [0.25, 0.3) is 0 Å². The molecule has 0 unspecified atom stereocenters. The van der Waals surface area contributed by atoms with E-state index in [1.54, 1.807) is 18.2 Å². The lowest BCUT2D eigenvalue weighted by atomic mass is 9.83. The highest BCUT2D eigenvalue weighted by Gasteiger charge is 2.32. The fourth-order valence-electron chi connectivity index (χ4n) is 2.22. The number of benzene rings is 1. The molecule has 0 amide bonds. The average Bonchev–Trinajstić information content (AvgIpc) is 2.53. The minimum Gasteiger partial charge on any atom is -0.492 e. The maximum absolute atomic E-state index is 11.7. The molecule has 0 atom stereocenters. The van der Waals surface area contributed by atoms with Gasteiger partial charge in [0.05, 0.1) is 13.7 Å². The summed E-state index contributed by atoms with van der Waals surface area (Å²) in [5.41, 5.74) is 0.536. The Bertz CT molecular complexity index is 455. The number of methoxy groups -OCH3 is 1. The van der Waals surface area contributed by atoms with Crippen LogP contribution in [0.1, 0.15) is 23.2 Å². The number of esters is 1. The third-order valence-corrected chi connectivity index (χ3v) is 4.85. The Balaban J connectivity index is 2.08. The number of ether oxygens (including phenoxy) is 3. The molecule has 5 heteroatoms. The van der Waals surface area contributed by atoms with Gasteiger partial charge in [-0.1, -0.05) is 28.1 Å². The molecular weight excluding hydrogens is 324 g/mol. The maximum atomic E-state index is 11.7. The maximum Gasteiger partial charge on any atom is 0.341 e. The molecule has 1 aliphatic heterocycles. The van der Waals surface area contributed by atoms with Crippen LogP contribution in [0.3, 0.4) is 0 Å². The predicted octanol–water partition coefficient (Wildman–Crippen LogP) is 3.04. The number of hydrogen-bond donors (Lipinski definition) is 0. The van der Waals surface area contributed by atoms with E-state index in [0.717, 1.165) is 31.4 Å². The van der Waals surface area contributed by atoms with E-state index in [0.29, 0.717) is 17.9 Å². The Morgan fingerprint density at radius 1 is 1.35 bits per heavy atom. The number of alkyl halides is 1. The lowest BCUT2D eigenvalue weighted by Gasteiger charge is -2.35. The van der Waals surface area contributed by atoms with E-state index in [1.165, 1.54) is 7.11 Å². The van der Waals surface area contributed by atoms with Gasteiger partial charge in [0, 0.05) is 24.0 Å². The van der Waals surface area contributed by atoms with Crippen LogP contribution < -0.4 is 4.74 Å². The molecule has 1 saturated heterocycles. The van der Waals surface area contributed by atoms with Crippen molar-refractivity contribution in [1.29, 1.82) is 0 Å². The molecule has 110 valence electrons. The van der Waals surface area contributed by atoms with Crippen molar-refractivity contribution in [3.8, 4) is 5.75 Å². The van der Waals surface area contributed by atoms with Crippen molar-refractivity contribution in [1.82, 2.24) is 0 Å². The normalized spacial score (nSPS) is 17.5. The topological polar surface area (TPSA) is 44.8 Å². The summed E-state index contributed by atoms with van der Waals surface area (Å²) in [4.78, 5) is 11.7. The third kappa shape index (κ3) is 3.52. The lowest BCUT2D eigenvalue weighted by molar-refractivity contribution is 0.00319. The van der Waals surface area contributed by atoms with Gasteiger partial charge >= 0.3 is 5.97 Å². The molecule has 1 aliphatic rings. The second-order valence-corrected chi connectivity index (χ2v) is 5.58. The van der Waals surface area contributed by atoms with Gasteiger partial charge in [-0.2, -0.15) is 0 Å². The van der Waals surface area contributed by atoms with E-state index in [2.05, 4.69) is 15.9 Å². The number of para-hydroxylation sites is 1. The van der Waals surface area contributed by atoms with Crippen molar-refractivity contribution in [2.24, 2.45) is 5.41 Å². The van der Waals surface area contributed by atoms with Gasteiger partial charge in [-0.25, -0.2) is 4.79 Å². The molecule has 1 aromatic carbocycles. The van der Waals surface area contributed by atoms with Crippen LogP contribution in [-0.2, 0) is 9.47 Å². The van der Waals surface area contributed by atoms with Crippen molar-refractivity contribution in [2.75, 3.05) is 32.3 Å². The first-order chi connectivity index (χ1) is 9.71. The first-order valence-corrected chi connectivity index (χ1v) is 7.77. The number of hydrogen-bond acceptors (Lipinski definition) is 4. The fourth-order valence-corrected chi connectivity index (χ4v) is 2.95. The second-order valence-electron chi connectivity index (χ2n) is 5.02. The molecular formula is C15H19BrO4. The summed E-state index contributed by atoms with van der Waals surface area (Å²) >= 11 is 3.58. The Kier molecular flexibility index (Phi) is 5.43. The highest BCUT2D eigenvalue weighted by atomic mass is 79.9. The molecule has 0 bridgehead atoms. The van der Waals surface area contributed by atoms with Gasteiger partial charge in [0.2, 0.25) is 0 Å². The quantitative estimate of drug-likeness (QED) is 0.609. The number of rotatable bonds is 5. The monoisotopic (exact) mass is 342 g/mol. The molecule has 0 N–H and O–H groups in total. The number of carbonyl (C=O) groups excluding carboxylic acids is 1. The van der Waals surface area contributed by atoms with Crippen LogP contribution in [0.5, 0.6) is 5.75 Å². The largest absolute Gasteiger partial charge is 0.492 e. The molecule has 0 aliphatic carbocycles. The van der Waals surface area contributed by atoms with Crippen molar-refractivity contribution < 1.29 is 19.0 Å². The molecule has 0 spiro atoms. The Morgan fingerprint density at radius 3 is 2.70 bits per heavy atom. The van der Waals surface area contributed by atoms with Crippen LogP contribution in [0.15, 0.2) is 24.3 Å². The number of halogens is 1. The number of carbonyl (C=O) groups is 1. The first-order valence-electron chi connectivity index (χ1n) is 6.65. The van der Waals surface area contributed by atoms with Crippen LogP contribution in [0, 0.1) is 5.41 Å². The third-order valence-electron chi connectivity index (χ3n) is 3.66. The summed E-state index contributed by atoms with van der Waals surface area (Å²) in [5, 5.41) is 0.865. The zero-order valence-corrected chi connectivity index (χ0v) is 13.1. The highest BCUT2D eigenvalue weighted by molar-refractivity contribution is 9.09. The van der Waals surface area contributed by atoms with E-state index in [-0.39, 0.29) is 11.4 Å². The standard InChI is InChI=1S/C15H19BrO4/c1-18-14(17)12-4-2-3-5-13(12)20-11-15(10-16)6-8-19-9-7-15/h2-5H,6-11H2,1H3. The minimum absolute atomic E-state index is 0.0709. The van der Waals surface area contributed by atoms with E-state index >= 15 is 0 Å². The molecule has 0 aromatic heterocycles. The predicted molar refractivity (Wildman–Crippen MR) is 79.6 cm³/mol. The summed E-state index contributed by atoms with van der Waals surface area (Å²) in [6.45, 7) is 2.08. The van der Waals surface area contributed by atoms with Gasteiger partial charge in [-0.05, 0) is 25.0 Å². The molecule has 4 nitrogen and oxygen atoms in total. The molecule has 1 heterocycles. The van der Waals surface area contributed by atoms with Gasteiger partial charge in [0.1, 0.15) is 11.3 Å². The zero-order valence-electron chi connectivity index (χ0n) is 11.6. The summed E-state index contributed by atoms with van der Waals surface area (Å²) in [7, 11) is 1.37. The summed E-state index contributed by atoms with van der Waals surface area (Å²) in [6, 6.07) is 7.17. The molecule has 0 saturated carbocycles. The second kappa shape index (κ2) is 7.09. The van der Waals surface area contributed by atoms with Gasteiger partial charge in [-0.15, -0.1) is 0 Å². The first kappa shape index (κ1) is 15.3. The zero-order chi connectivity index (χ0) is 14.4. The Hall–Kier alpha value is -1.07. The van der Waals surface area contributed by atoms with Crippen molar-refractivity contribution >= 4 is 21.9 Å². The summed E-state index contributed by atoms with van der Waals surface area (Å²) < 4.78 is 16.1. The molecule has 0 radical (unpaired) electrons. The molecule has 20 heavy (non-hydrogen) atoms. The lowest BCUT2D eigenvalue weighted by Crippen LogP contribution is -2.36. The van der Waals surface area contributed by atoms with Crippen molar-refractivity contribution in [3.63, 3.8) is 0 Å². The molecule has 1 fully saturated rings. The van der Waals surface area contributed by atoms with E-state index in [4.69, 9.17) is 14.2 Å². The summed E-state index contributed by atoms with van der Waals surface area (Å²) in [5.74, 6) is 0.201. The molecule has 2 rings (SSSR count). The van der Waals surface area contributed by atoms with Crippen LogP contribution >= 0.6 is 15.9 Å². The minimum atomic E-state index is -0.375. The van der Waals surface area contributed by atoms with Crippen LogP contribution in [0.2, 0.25) is 0 Å². The fraction of sp³-hybridized carbons (Fsp3) is 0.533. The van der Waals surface area contributed by atoms with Crippen LogP contribution in [0.4, 0.5) is 0 Å². The molecule has 1 aromatic rings. The van der Waals surface area contributed by atoms with Gasteiger partial charge in [-0.3, -0.25) is 0 Å². The van der Waals surface area contributed by atoms with E-state index in [1.807, 2.05) is 6.07 Å². The van der Waals surface area contributed by atoms with Gasteiger partial charge in [0.15, 0.2) is 0 Å². The Labute approximate surface area is 127 Å². The van der Waals surface area contributed by atoms with E-state index < -0.39 is 0 Å². The highest BCUT2D eigenvalue weighted by Crippen LogP contribution is 2.33. The van der Waals surface area contributed by atoms with Crippen molar-refractivity contribution in [3.05, 3.63) is 29.8 Å². The summed E-state index contributed by atoms with van der Waals surface area (Å²) in [6.07, 6.45) is 1.91. The van der Waals surface area contributed by atoms with Gasteiger partial charge < -0.3 is 14.2 Å². The SMILES string of the molecule is COC(=O)c1ccccc1OCC1(CBr)CCOCC1. The smallest absolute Gasteiger partial charge is 0.341 e. The van der Waals surface area contributed by atoms with E-state index in [9.17, 15) is 4.79 Å². The Morgan fingerprint density at radius 2 is 2.05 bits per heavy atom. The van der Waals surface area contributed by atoms with Crippen LogP contribution in [-0.4, -0.2) is 38.2 Å². The van der Waals surface area contributed by atoms with Gasteiger partial charge in [0.25, 0.3) is 0 Å².